The van der Waals surface area contributed by atoms with E-state index in [9.17, 15) is 14.7 Å². The third-order valence-corrected chi connectivity index (χ3v) is 4.66. The van der Waals surface area contributed by atoms with Crippen molar-refractivity contribution in [1.29, 1.82) is 0 Å². The summed E-state index contributed by atoms with van der Waals surface area (Å²) in [5.74, 6) is -0.626. The molecule has 0 saturated carbocycles. The summed E-state index contributed by atoms with van der Waals surface area (Å²) in [4.78, 5) is 26.1. The van der Waals surface area contributed by atoms with Gasteiger partial charge in [-0.25, -0.2) is 4.79 Å². The van der Waals surface area contributed by atoms with Gasteiger partial charge in [0.2, 0.25) is 0 Å². The number of nitrogens with zero attached hydrogens (tertiary/aromatic N) is 4. The van der Waals surface area contributed by atoms with E-state index in [0.717, 1.165) is 5.69 Å². The van der Waals surface area contributed by atoms with Gasteiger partial charge >= 0.3 is 5.76 Å². The number of fused-ring (bicyclic) bond motifs is 2. The lowest BCUT2D eigenvalue weighted by molar-refractivity contribution is 0.0705. The van der Waals surface area contributed by atoms with E-state index in [-0.39, 0.29) is 5.91 Å². The quantitative estimate of drug-likeness (QED) is 0.682. The molecule has 0 fully saturated rings. The number of rotatable bonds is 3. The van der Waals surface area contributed by atoms with Gasteiger partial charge in [-0.15, -0.1) is 0 Å². The number of aliphatic hydroxyl groups excluding tert-OH is 2. The molecule has 1 aromatic carbocycles. The Labute approximate surface area is 147 Å². The summed E-state index contributed by atoms with van der Waals surface area (Å²) in [7, 11) is 1.59. The van der Waals surface area contributed by atoms with Crippen LogP contribution in [0.5, 0.6) is 0 Å². The number of hydrogen-bond acceptors (Lipinski definition) is 6. The molecule has 136 valence electrons. The number of carbonyl (C=O) groups is 1. The fourth-order valence-electron chi connectivity index (χ4n) is 3.16. The molecule has 0 spiro atoms. The molecule has 1 atom stereocenters. The Bertz CT molecular complexity index is 1050. The van der Waals surface area contributed by atoms with E-state index in [1.54, 1.807) is 40.9 Å². The van der Waals surface area contributed by atoms with Gasteiger partial charge in [0, 0.05) is 19.2 Å². The SMILES string of the molecule is Cn1c(=O)oc2ccc(C(=O)N3CCn4nc(C(O)CO)cc4C3)cc21. The number of hydrogen-bond donors (Lipinski definition) is 2. The molecule has 3 aromatic rings. The van der Waals surface area contributed by atoms with Crippen molar-refractivity contribution in [1.82, 2.24) is 19.2 Å². The van der Waals surface area contributed by atoms with E-state index in [4.69, 9.17) is 9.52 Å². The summed E-state index contributed by atoms with van der Waals surface area (Å²) < 4.78 is 8.19. The Morgan fingerprint density at radius 1 is 1.35 bits per heavy atom. The largest absolute Gasteiger partial charge is 0.419 e. The van der Waals surface area contributed by atoms with E-state index in [1.165, 1.54) is 4.57 Å². The summed E-state index contributed by atoms with van der Waals surface area (Å²) in [6, 6.07) is 6.60. The van der Waals surface area contributed by atoms with Crippen LogP contribution in [-0.4, -0.2) is 48.5 Å². The van der Waals surface area contributed by atoms with Gasteiger partial charge in [-0.3, -0.25) is 14.0 Å². The van der Waals surface area contributed by atoms with Gasteiger partial charge in [-0.1, -0.05) is 0 Å². The van der Waals surface area contributed by atoms with E-state index in [1.807, 2.05) is 0 Å². The molecule has 4 rings (SSSR count). The first kappa shape index (κ1) is 16.6. The maximum absolute atomic E-state index is 12.9. The van der Waals surface area contributed by atoms with Crippen LogP contribution < -0.4 is 5.76 Å². The zero-order valence-electron chi connectivity index (χ0n) is 14.1. The lowest BCUT2D eigenvalue weighted by Gasteiger charge is -2.27. The topological polar surface area (TPSA) is 114 Å². The van der Waals surface area contributed by atoms with Crippen LogP contribution in [0.15, 0.2) is 33.5 Å². The van der Waals surface area contributed by atoms with Crippen molar-refractivity contribution in [2.75, 3.05) is 13.2 Å². The Hall–Kier alpha value is -2.91. The minimum atomic E-state index is -1.03. The Kier molecular flexibility index (Phi) is 3.89. The maximum atomic E-state index is 12.9. The Morgan fingerprint density at radius 2 is 2.15 bits per heavy atom. The molecule has 2 N–H and O–H groups in total. The molecule has 1 aliphatic heterocycles. The molecule has 0 bridgehead atoms. The predicted octanol–water partition coefficient (Wildman–Crippen LogP) is 0.00970. The van der Waals surface area contributed by atoms with E-state index in [0.29, 0.717) is 42.0 Å². The zero-order chi connectivity index (χ0) is 18.4. The lowest BCUT2D eigenvalue weighted by atomic mass is 10.1. The second-order valence-electron chi connectivity index (χ2n) is 6.32. The summed E-state index contributed by atoms with van der Waals surface area (Å²) in [5.41, 5.74) is 2.66. The predicted molar refractivity (Wildman–Crippen MR) is 90.5 cm³/mol. The molecule has 9 nitrogen and oxygen atoms in total. The highest BCUT2D eigenvalue weighted by Crippen LogP contribution is 2.21. The molecule has 1 amide bonds. The minimum absolute atomic E-state index is 0.155. The van der Waals surface area contributed by atoms with Gasteiger partial charge in [0.05, 0.1) is 36.6 Å². The zero-order valence-corrected chi connectivity index (χ0v) is 14.1. The average Bonchev–Trinajstić information content (AvgIpc) is 3.21. The van der Waals surface area contributed by atoms with Gasteiger partial charge in [-0.2, -0.15) is 5.10 Å². The van der Waals surface area contributed by atoms with Crippen molar-refractivity contribution in [3.63, 3.8) is 0 Å². The van der Waals surface area contributed by atoms with Crippen molar-refractivity contribution >= 4 is 17.0 Å². The Balaban J connectivity index is 1.60. The average molecular weight is 358 g/mol. The first-order valence-corrected chi connectivity index (χ1v) is 8.22. The number of aromatic nitrogens is 3. The fourth-order valence-corrected chi connectivity index (χ4v) is 3.16. The Morgan fingerprint density at radius 3 is 2.92 bits per heavy atom. The minimum Gasteiger partial charge on any atom is -0.408 e. The molecule has 0 aliphatic carbocycles. The van der Waals surface area contributed by atoms with Crippen molar-refractivity contribution in [2.24, 2.45) is 7.05 Å². The standard InChI is InChI=1S/C17H18N4O5/c1-19-13-6-10(2-3-15(13)26-17(19)25)16(24)20-4-5-21-11(8-20)7-12(18-21)14(23)9-22/h2-3,6-7,14,22-23H,4-5,8-9H2,1H3. The molecule has 3 heterocycles. The van der Waals surface area contributed by atoms with Crippen molar-refractivity contribution in [3.8, 4) is 0 Å². The highest BCUT2D eigenvalue weighted by Gasteiger charge is 2.25. The number of aryl methyl sites for hydroxylation is 1. The molecule has 1 aliphatic rings. The summed E-state index contributed by atoms with van der Waals surface area (Å²) >= 11 is 0. The van der Waals surface area contributed by atoms with Crippen LogP contribution in [-0.2, 0) is 20.1 Å². The highest BCUT2D eigenvalue weighted by atomic mass is 16.4. The number of benzene rings is 1. The van der Waals surface area contributed by atoms with E-state index >= 15 is 0 Å². The number of carbonyl (C=O) groups excluding carboxylic acids is 1. The second-order valence-corrected chi connectivity index (χ2v) is 6.32. The number of aliphatic hydroxyl groups is 2. The third kappa shape index (κ3) is 2.61. The van der Waals surface area contributed by atoms with Crippen LogP contribution in [0.3, 0.4) is 0 Å². The van der Waals surface area contributed by atoms with Gasteiger partial charge in [0.25, 0.3) is 5.91 Å². The molecule has 1 unspecified atom stereocenters. The normalized spacial score (nSPS) is 15.3. The van der Waals surface area contributed by atoms with Crippen molar-refractivity contribution in [2.45, 2.75) is 19.2 Å². The molecule has 9 heteroatoms. The molecule has 2 aromatic heterocycles. The van der Waals surface area contributed by atoms with Gasteiger partial charge in [0.15, 0.2) is 5.58 Å². The summed E-state index contributed by atoms with van der Waals surface area (Å²) in [6.45, 7) is 0.936. The first-order chi connectivity index (χ1) is 12.5. The van der Waals surface area contributed by atoms with Crippen LogP contribution in [0, 0.1) is 0 Å². The third-order valence-electron chi connectivity index (χ3n) is 4.66. The highest BCUT2D eigenvalue weighted by molar-refractivity contribution is 5.97. The molecular formula is C17H18N4O5. The lowest BCUT2D eigenvalue weighted by Crippen LogP contribution is -2.38. The monoisotopic (exact) mass is 358 g/mol. The van der Waals surface area contributed by atoms with Crippen LogP contribution in [0.1, 0.15) is 27.8 Å². The summed E-state index contributed by atoms with van der Waals surface area (Å²) in [5, 5.41) is 23.0. The smallest absolute Gasteiger partial charge is 0.408 e. The van der Waals surface area contributed by atoms with Gasteiger partial charge in [-0.05, 0) is 24.3 Å². The van der Waals surface area contributed by atoms with E-state index in [2.05, 4.69) is 5.10 Å². The molecular weight excluding hydrogens is 340 g/mol. The van der Waals surface area contributed by atoms with Crippen LogP contribution in [0.4, 0.5) is 0 Å². The first-order valence-electron chi connectivity index (χ1n) is 8.22. The van der Waals surface area contributed by atoms with Crippen LogP contribution in [0.2, 0.25) is 0 Å². The second kappa shape index (κ2) is 6.11. The summed E-state index contributed by atoms with van der Waals surface area (Å²) in [6.07, 6.45) is -1.03. The van der Waals surface area contributed by atoms with Crippen LogP contribution in [0.25, 0.3) is 11.1 Å². The van der Waals surface area contributed by atoms with Gasteiger partial charge < -0.3 is 19.5 Å². The number of oxazole rings is 1. The van der Waals surface area contributed by atoms with Crippen molar-refractivity contribution in [3.05, 3.63) is 51.8 Å². The molecule has 0 saturated heterocycles. The van der Waals surface area contributed by atoms with Gasteiger partial charge in [0.1, 0.15) is 6.10 Å². The van der Waals surface area contributed by atoms with E-state index < -0.39 is 18.5 Å². The fraction of sp³-hybridized carbons (Fsp3) is 0.353. The van der Waals surface area contributed by atoms with Crippen molar-refractivity contribution < 1.29 is 19.4 Å². The van der Waals surface area contributed by atoms with Crippen LogP contribution >= 0.6 is 0 Å². The number of amides is 1. The maximum Gasteiger partial charge on any atom is 0.419 e. The molecule has 26 heavy (non-hydrogen) atoms. The molecule has 0 radical (unpaired) electrons.